The van der Waals surface area contributed by atoms with Gasteiger partial charge in [-0.1, -0.05) is 17.7 Å². The van der Waals surface area contributed by atoms with Gasteiger partial charge in [0.2, 0.25) is 0 Å². The summed E-state index contributed by atoms with van der Waals surface area (Å²) < 4.78 is 1.89. The molecule has 0 spiro atoms. The van der Waals surface area contributed by atoms with Crippen molar-refractivity contribution in [2.24, 2.45) is 0 Å². The van der Waals surface area contributed by atoms with Crippen molar-refractivity contribution < 1.29 is 9.90 Å². The molecule has 0 fully saturated rings. The van der Waals surface area contributed by atoms with Crippen LogP contribution in [0.2, 0.25) is 5.02 Å². The van der Waals surface area contributed by atoms with Crippen molar-refractivity contribution in [3.8, 4) is 11.4 Å². The number of carboxylic acid groups (broad SMARTS) is 1. The molecular formula is C15H11ClN2O2. The maximum atomic E-state index is 10.9. The average Bonchev–Trinajstić information content (AvgIpc) is 2.78. The first-order valence-electron chi connectivity index (χ1n) is 6.09. The van der Waals surface area contributed by atoms with Gasteiger partial charge >= 0.3 is 5.97 Å². The number of aromatic nitrogens is 2. The number of nitrogens with zero attached hydrogens (tertiary/aromatic N) is 2. The van der Waals surface area contributed by atoms with Gasteiger partial charge in [0.05, 0.1) is 17.6 Å². The number of pyridine rings is 1. The van der Waals surface area contributed by atoms with E-state index in [9.17, 15) is 4.79 Å². The Morgan fingerprint density at radius 1 is 1.20 bits per heavy atom. The molecule has 0 radical (unpaired) electrons. The lowest BCUT2D eigenvalue weighted by Gasteiger charge is -2.00. The van der Waals surface area contributed by atoms with Crippen LogP contribution in [0.4, 0.5) is 0 Å². The molecule has 4 nitrogen and oxygen atoms in total. The average molecular weight is 287 g/mol. The third kappa shape index (κ3) is 2.26. The molecule has 0 aliphatic rings. The standard InChI is InChI=1S/C15H11ClN2O2/c16-11-6-4-10(5-7-11)15-17-12(9-14(19)20)13-3-1-2-8-18(13)15/h1-8H,9H2,(H,19,20). The van der Waals surface area contributed by atoms with Crippen LogP contribution in [-0.4, -0.2) is 20.5 Å². The Hall–Kier alpha value is -2.33. The van der Waals surface area contributed by atoms with E-state index in [0.717, 1.165) is 11.1 Å². The van der Waals surface area contributed by atoms with E-state index in [1.54, 1.807) is 12.1 Å². The number of benzene rings is 1. The second-order valence-electron chi connectivity index (χ2n) is 4.42. The summed E-state index contributed by atoms with van der Waals surface area (Å²) in [6, 6.07) is 12.9. The van der Waals surface area contributed by atoms with Crippen LogP contribution in [-0.2, 0) is 11.2 Å². The number of hydrogen-bond acceptors (Lipinski definition) is 2. The summed E-state index contributed by atoms with van der Waals surface area (Å²) in [6.07, 6.45) is 1.78. The quantitative estimate of drug-likeness (QED) is 0.804. The lowest BCUT2D eigenvalue weighted by Crippen LogP contribution is -2.00. The molecule has 1 N–H and O–H groups in total. The van der Waals surface area contributed by atoms with Crippen molar-refractivity contribution in [2.75, 3.05) is 0 Å². The van der Waals surface area contributed by atoms with Crippen LogP contribution in [0.15, 0.2) is 48.7 Å². The Morgan fingerprint density at radius 2 is 1.95 bits per heavy atom. The molecule has 0 saturated heterocycles. The summed E-state index contributed by atoms with van der Waals surface area (Å²) in [5.74, 6) is -0.176. The van der Waals surface area contributed by atoms with Gasteiger partial charge in [0.25, 0.3) is 0 Å². The van der Waals surface area contributed by atoms with Crippen LogP contribution < -0.4 is 0 Å². The summed E-state index contributed by atoms with van der Waals surface area (Å²) in [7, 11) is 0. The first-order chi connectivity index (χ1) is 9.65. The number of fused-ring (bicyclic) bond motifs is 1. The molecule has 0 saturated carbocycles. The topological polar surface area (TPSA) is 54.6 Å². The van der Waals surface area contributed by atoms with Gasteiger partial charge in [-0.05, 0) is 36.4 Å². The van der Waals surface area contributed by atoms with Crippen LogP contribution in [0.25, 0.3) is 16.9 Å². The Morgan fingerprint density at radius 3 is 2.65 bits per heavy atom. The number of carboxylic acids is 1. The molecule has 100 valence electrons. The highest BCUT2D eigenvalue weighted by Gasteiger charge is 2.14. The largest absolute Gasteiger partial charge is 0.481 e. The molecule has 0 atom stereocenters. The van der Waals surface area contributed by atoms with Gasteiger partial charge in [-0.2, -0.15) is 0 Å². The molecule has 0 aliphatic carbocycles. The molecule has 2 aromatic heterocycles. The van der Waals surface area contributed by atoms with Gasteiger partial charge in [-0.3, -0.25) is 9.20 Å². The maximum absolute atomic E-state index is 10.9. The van der Waals surface area contributed by atoms with E-state index < -0.39 is 5.97 Å². The van der Waals surface area contributed by atoms with E-state index in [-0.39, 0.29) is 6.42 Å². The van der Waals surface area contributed by atoms with Gasteiger partial charge in [-0.25, -0.2) is 4.98 Å². The first kappa shape index (κ1) is 12.7. The summed E-state index contributed by atoms with van der Waals surface area (Å²) >= 11 is 5.89. The zero-order valence-corrected chi connectivity index (χ0v) is 11.2. The summed E-state index contributed by atoms with van der Waals surface area (Å²) in [5, 5.41) is 9.63. The first-order valence-corrected chi connectivity index (χ1v) is 6.46. The predicted molar refractivity (Wildman–Crippen MR) is 77.0 cm³/mol. The third-order valence-corrected chi connectivity index (χ3v) is 3.30. The Balaban J connectivity index is 2.20. The summed E-state index contributed by atoms with van der Waals surface area (Å²) in [5.41, 5.74) is 2.26. The van der Waals surface area contributed by atoms with Crippen molar-refractivity contribution in [3.63, 3.8) is 0 Å². The van der Waals surface area contributed by atoms with Crippen LogP contribution in [0, 0.1) is 0 Å². The summed E-state index contributed by atoms with van der Waals surface area (Å²) in [6.45, 7) is 0. The SMILES string of the molecule is O=C(O)Cc1nc(-c2ccc(Cl)cc2)n2ccccc12. The number of halogens is 1. The fourth-order valence-corrected chi connectivity index (χ4v) is 2.30. The molecule has 3 aromatic rings. The van der Waals surface area contributed by atoms with Gasteiger partial charge in [0.15, 0.2) is 0 Å². The lowest BCUT2D eigenvalue weighted by atomic mass is 10.2. The van der Waals surface area contributed by atoms with Crippen molar-refractivity contribution in [1.29, 1.82) is 0 Å². The molecule has 0 amide bonds. The Kier molecular flexibility index (Phi) is 3.16. The molecule has 3 rings (SSSR count). The van der Waals surface area contributed by atoms with E-state index in [2.05, 4.69) is 4.98 Å². The van der Waals surface area contributed by atoms with Crippen LogP contribution in [0.1, 0.15) is 5.69 Å². The lowest BCUT2D eigenvalue weighted by molar-refractivity contribution is -0.136. The minimum Gasteiger partial charge on any atom is -0.481 e. The molecule has 5 heteroatoms. The molecule has 0 bridgehead atoms. The highest BCUT2D eigenvalue weighted by molar-refractivity contribution is 6.30. The second-order valence-corrected chi connectivity index (χ2v) is 4.85. The number of carbonyl (C=O) groups is 1. The van der Waals surface area contributed by atoms with E-state index in [1.807, 2.05) is 40.9 Å². The van der Waals surface area contributed by atoms with E-state index in [0.29, 0.717) is 16.5 Å². The summed E-state index contributed by atoms with van der Waals surface area (Å²) in [4.78, 5) is 15.4. The highest BCUT2D eigenvalue weighted by Crippen LogP contribution is 2.24. The molecule has 0 aliphatic heterocycles. The number of hydrogen-bond donors (Lipinski definition) is 1. The second kappa shape index (κ2) is 4.98. The third-order valence-electron chi connectivity index (χ3n) is 3.05. The van der Waals surface area contributed by atoms with Crippen molar-refractivity contribution in [2.45, 2.75) is 6.42 Å². The number of rotatable bonds is 3. The van der Waals surface area contributed by atoms with Gasteiger partial charge < -0.3 is 5.11 Å². The normalized spacial score (nSPS) is 10.8. The minimum atomic E-state index is -0.892. The smallest absolute Gasteiger partial charge is 0.309 e. The van der Waals surface area contributed by atoms with Gasteiger partial charge in [-0.15, -0.1) is 0 Å². The fourth-order valence-electron chi connectivity index (χ4n) is 2.18. The van der Waals surface area contributed by atoms with E-state index >= 15 is 0 Å². The monoisotopic (exact) mass is 286 g/mol. The molecule has 0 unspecified atom stereocenters. The molecular weight excluding hydrogens is 276 g/mol. The molecule has 1 aromatic carbocycles. The van der Waals surface area contributed by atoms with Crippen LogP contribution in [0.5, 0.6) is 0 Å². The maximum Gasteiger partial charge on any atom is 0.309 e. The highest BCUT2D eigenvalue weighted by atomic mass is 35.5. The zero-order valence-electron chi connectivity index (χ0n) is 10.5. The molecule has 20 heavy (non-hydrogen) atoms. The zero-order chi connectivity index (χ0) is 14.1. The van der Waals surface area contributed by atoms with E-state index in [4.69, 9.17) is 16.7 Å². The minimum absolute atomic E-state index is 0.0961. The van der Waals surface area contributed by atoms with Crippen molar-refractivity contribution in [3.05, 3.63) is 59.4 Å². The Labute approximate surface area is 120 Å². The van der Waals surface area contributed by atoms with Crippen molar-refractivity contribution in [1.82, 2.24) is 9.38 Å². The predicted octanol–water partition coefficient (Wildman–Crippen LogP) is 3.28. The van der Waals surface area contributed by atoms with Gasteiger partial charge in [0, 0.05) is 16.8 Å². The van der Waals surface area contributed by atoms with Crippen molar-refractivity contribution >= 4 is 23.1 Å². The number of aliphatic carboxylic acids is 1. The Bertz CT molecular complexity index is 778. The van der Waals surface area contributed by atoms with Crippen LogP contribution >= 0.6 is 11.6 Å². The fraction of sp³-hybridized carbons (Fsp3) is 0.0667. The van der Waals surface area contributed by atoms with E-state index in [1.165, 1.54) is 0 Å². The van der Waals surface area contributed by atoms with Gasteiger partial charge in [0.1, 0.15) is 5.82 Å². The number of imidazole rings is 1. The molecule has 2 heterocycles. The van der Waals surface area contributed by atoms with Crippen LogP contribution in [0.3, 0.4) is 0 Å².